The molecule has 37 heavy (non-hydrogen) atoms. The van der Waals surface area contributed by atoms with Crippen molar-refractivity contribution in [1.29, 1.82) is 0 Å². The number of fused-ring (bicyclic) bond motifs is 1. The molecule has 0 spiro atoms. The highest BCUT2D eigenvalue weighted by molar-refractivity contribution is 6.08. The van der Waals surface area contributed by atoms with Crippen LogP contribution in [0.1, 0.15) is 51.0 Å². The number of likely N-dealkylation sites (tertiary alicyclic amines) is 2. The van der Waals surface area contributed by atoms with Gasteiger partial charge < -0.3 is 9.80 Å². The summed E-state index contributed by atoms with van der Waals surface area (Å²) in [6.45, 7) is 10.7. The maximum atomic E-state index is 12.3. The van der Waals surface area contributed by atoms with Gasteiger partial charge in [-0.05, 0) is 61.8 Å². The minimum atomic E-state index is -0.391. The minimum Gasteiger partial charge on any atom is -0.372 e. The number of carbonyl (C=O) groups is 2. The molecule has 4 aliphatic rings. The number of nitrogens with one attached hydrogen (secondary N) is 1. The van der Waals surface area contributed by atoms with Crippen molar-refractivity contribution in [3.05, 3.63) is 47.2 Å². The fourth-order valence-electron chi connectivity index (χ4n) is 6.56. The molecule has 196 valence electrons. The van der Waals surface area contributed by atoms with Gasteiger partial charge in [0.2, 0.25) is 5.91 Å². The lowest BCUT2D eigenvalue weighted by molar-refractivity contribution is -0.120. The van der Waals surface area contributed by atoms with Crippen molar-refractivity contribution in [3.8, 4) is 0 Å². The van der Waals surface area contributed by atoms with Crippen LogP contribution in [-0.4, -0.2) is 70.8 Å². The maximum Gasteiger partial charge on any atom is 0.329 e. The third-order valence-corrected chi connectivity index (χ3v) is 8.58. The Balaban J connectivity index is 1.04. The molecular formula is C29H38N6O2. The minimum absolute atomic E-state index is 0.229. The molecule has 3 amide bonds. The van der Waals surface area contributed by atoms with Crippen molar-refractivity contribution >= 4 is 28.7 Å². The number of hydrogen-bond acceptors (Lipinski definition) is 5. The van der Waals surface area contributed by atoms with E-state index in [1.54, 1.807) is 4.90 Å². The maximum absolute atomic E-state index is 12.3. The average molecular weight is 503 g/mol. The number of nitrogens with zero attached hydrogens (tertiary/aromatic N) is 5. The highest BCUT2D eigenvalue weighted by atomic mass is 16.2. The standard InChI is InChI=1S/C29H38N6O2/c1-19-12-20(2)14-24(13-19)34-9-6-21(7-10-34)16-33-17-23(18-33)22-4-5-25-26(15-22)32(3)31-28(25)35-11-8-27(36)30-29(35)37/h4-5,13-15,19,21,23H,6-12,16-18H2,1-3H3,(H,30,36,37). The van der Waals surface area contributed by atoms with Crippen LogP contribution in [0.15, 0.2) is 41.6 Å². The molecule has 4 heterocycles. The molecule has 0 radical (unpaired) electrons. The third-order valence-electron chi connectivity index (χ3n) is 8.58. The molecule has 8 nitrogen and oxygen atoms in total. The largest absolute Gasteiger partial charge is 0.372 e. The molecule has 1 atom stereocenters. The Hall–Kier alpha value is -3.13. The van der Waals surface area contributed by atoms with Crippen molar-refractivity contribution in [2.24, 2.45) is 18.9 Å². The number of amides is 3. The zero-order valence-electron chi connectivity index (χ0n) is 22.2. The van der Waals surface area contributed by atoms with Gasteiger partial charge in [-0.1, -0.05) is 24.6 Å². The Morgan fingerprint density at radius 2 is 1.89 bits per heavy atom. The fraction of sp³-hybridized carbons (Fsp3) is 0.552. The van der Waals surface area contributed by atoms with E-state index in [9.17, 15) is 9.59 Å². The van der Waals surface area contributed by atoms with Gasteiger partial charge in [0, 0.05) is 69.7 Å². The van der Waals surface area contributed by atoms with Crippen LogP contribution in [0.25, 0.3) is 10.9 Å². The summed E-state index contributed by atoms with van der Waals surface area (Å²) >= 11 is 0. The smallest absolute Gasteiger partial charge is 0.329 e. The first-order valence-corrected chi connectivity index (χ1v) is 13.8. The lowest BCUT2D eigenvalue weighted by atomic mass is 9.87. The van der Waals surface area contributed by atoms with E-state index in [4.69, 9.17) is 0 Å². The van der Waals surface area contributed by atoms with Gasteiger partial charge in [0.15, 0.2) is 5.82 Å². The van der Waals surface area contributed by atoms with Crippen molar-refractivity contribution in [2.45, 2.75) is 45.4 Å². The van der Waals surface area contributed by atoms with Crippen LogP contribution in [-0.2, 0) is 11.8 Å². The summed E-state index contributed by atoms with van der Waals surface area (Å²) in [5.41, 5.74) is 5.32. The highest BCUT2D eigenvalue weighted by Crippen LogP contribution is 2.34. The Morgan fingerprint density at radius 1 is 1.11 bits per heavy atom. The molecule has 3 aliphatic heterocycles. The summed E-state index contributed by atoms with van der Waals surface area (Å²) in [6, 6.07) is 6.12. The summed E-state index contributed by atoms with van der Waals surface area (Å²) in [5, 5.41) is 7.97. The summed E-state index contributed by atoms with van der Waals surface area (Å²) in [4.78, 5) is 30.7. The number of aromatic nitrogens is 2. The van der Waals surface area contributed by atoms with Crippen LogP contribution >= 0.6 is 0 Å². The zero-order chi connectivity index (χ0) is 25.7. The molecule has 0 bridgehead atoms. The monoisotopic (exact) mass is 502 g/mol. The lowest BCUT2D eigenvalue weighted by Gasteiger charge is -2.43. The molecule has 1 N–H and O–H groups in total. The predicted molar refractivity (Wildman–Crippen MR) is 145 cm³/mol. The Kier molecular flexibility index (Phi) is 6.31. The first kappa shape index (κ1) is 24.2. The second-order valence-corrected chi connectivity index (χ2v) is 11.6. The van der Waals surface area contributed by atoms with Crippen LogP contribution in [0.3, 0.4) is 0 Å². The Morgan fingerprint density at radius 3 is 2.62 bits per heavy atom. The number of aryl methyl sites for hydroxylation is 1. The number of imide groups is 1. The number of allylic oxidation sites excluding steroid dienone is 3. The summed E-state index contributed by atoms with van der Waals surface area (Å²) in [5.74, 6) is 2.38. The number of piperidine rings is 1. The predicted octanol–water partition coefficient (Wildman–Crippen LogP) is 4.00. The van der Waals surface area contributed by atoms with E-state index < -0.39 is 6.03 Å². The Bertz CT molecular complexity index is 1280. The fourth-order valence-corrected chi connectivity index (χ4v) is 6.56. The number of urea groups is 1. The number of carbonyl (C=O) groups excluding carboxylic acids is 2. The molecule has 6 rings (SSSR count). The SMILES string of the molecule is CC1=CC(N2CCC(CN3CC(c4ccc5c(N6CCC(=O)NC6=O)nn(C)c5c4)C3)CC2)=CC(C)C1. The van der Waals surface area contributed by atoms with Crippen LogP contribution in [0, 0.1) is 11.8 Å². The van der Waals surface area contributed by atoms with E-state index in [1.807, 2.05) is 11.7 Å². The van der Waals surface area contributed by atoms with Crippen LogP contribution in [0.4, 0.5) is 10.6 Å². The van der Waals surface area contributed by atoms with Crippen LogP contribution < -0.4 is 10.2 Å². The summed E-state index contributed by atoms with van der Waals surface area (Å²) in [6.07, 6.45) is 8.90. The molecule has 2 aromatic rings. The third kappa shape index (κ3) is 4.79. The van der Waals surface area contributed by atoms with Crippen molar-refractivity contribution in [2.75, 3.05) is 44.2 Å². The van der Waals surface area contributed by atoms with Gasteiger partial charge in [-0.25, -0.2) is 4.79 Å². The first-order chi connectivity index (χ1) is 17.8. The molecular weight excluding hydrogens is 464 g/mol. The molecule has 3 saturated heterocycles. The summed E-state index contributed by atoms with van der Waals surface area (Å²) < 4.78 is 1.85. The zero-order valence-corrected chi connectivity index (χ0v) is 22.2. The number of hydrogen-bond donors (Lipinski definition) is 1. The second-order valence-electron chi connectivity index (χ2n) is 11.6. The van der Waals surface area contributed by atoms with E-state index in [-0.39, 0.29) is 5.91 Å². The van der Waals surface area contributed by atoms with Gasteiger partial charge in [-0.3, -0.25) is 19.7 Å². The number of anilines is 1. The molecule has 1 aromatic carbocycles. The van der Waals surface area contributed by atoms with E-state index in [1.165, 1.54) is 55.7 Å². The lowest BCUT2D eigenvalue weighted by Crippen LogP contribution is -2.49. The van der Waals surface area contributed by atoms with Gasteiger partial charge >= 0.3 is 6.03 Å². The quantitative estimate of drug-likeness (QED) is 0.669. The van der Waals surface area contributed by atoms with Gasteiger partial charge in [0.25, 0.3) is 0 Å². The van der Waals surface area contributed by atoms with Gasteiger partial charge in [0.1, 0.15) is 0 Å². The van der Waals surface area contributed by atoms with Crippen LogP contribution in [0.5, 0.6) is 0 Å². The molecule has 1 aromatic heterocycles. The number of benzene rings is 1. The summed E-state index contributed by atoms with van der Waals surface area (Å²) in [7, 11) is 1.92. The van der Waals surface area contributed by atoms with E-state index in [0.717, 1.165) is 29.9 Å². The van der Waals surface area contributed by atoms with Gasteiger partial charge in [-0.2, -0.15) is 5.10 Å². The van der Waals surface area contributed by atoms with Gasteiger partial charge in [0.05, 0.1) is 5.52 Å². The molecule has 8 heteroatoms. The molecule has 0 saturated carbocycles. The second kappa shape index (κ2) is 9.63. The average Bonchev–Trinajstić information content (AvgIpc) is 3.16. The number of rotatable bonds is 5. The molecule has 1 aliphatic carbocycles. The van der Waals surface area contributed by atoms with Crippen molar-refractivity contribution < 1.29 is 9.59 Å². The molecule has 1 unspecified atom stereocenters. The van der Waals surface area contributed by atoms with E-state index >= 15 is 0 Å². The van der Waals surface area contributed by atoms with Gasteiger partial charge in [-0.15, -0.1) is 0 Å². The highest BCUT2D eigenvalue weighted by Gasteiger charge is 2.32. The van der Waals surface area contributed by atoms with E-state index in [0.29, 0.717) is 30.6 Å². The van der Waals surface area contributed by atoms with Crippen LogP contribution in [0.2, 0.25) is 0 Å². The van der Waals surface area contributed by atoms with Crippen molar-refractivity contribution in [1.82, 2.24) is 24.9 Å². The molecule has 3 fully saturated rings. The normalized spacial score (nSPS) is 24.2. The topological polar surface area (TPSA) is 73.7 Å². The first-order valence-electron chi connectivity index (χ1n) is 13.8. The van der Waals surface area contributed by atoms with E-state index in [2.05, 4.69) is 64.4 Å². The Labute approximate surface area is 218 Å². The van der Waals surface area contributed by atoms with Crippen molar-refractivity contribution in [3.63, 3.8) is 0 Å².